The molecule has 0 spiro atoms. The van der Waals surface area contributed by atoms with E-state index in [2.05, 4.69) is 5.32 Å². The molecule has 0 bridgehead atoms. The van der Waals surface area contributed by atoms with Crippen molar-refractivity contribution >= 4 is 17.5 Å². The second-order valence-corrected chi connectivity index (χ2v) is 6.70. The summed E-state index contributed by atoms with van der Waals surface area (Å²) in [5.41, 5.74) is 2.69. The lowest BCUT2D eigenvalue weighted by molar-refractivity contribution is -0.118. The van der Waals surface area contributed by atoms with E-state index >= 15 is 0 Å². The second kappa shape index (κ2) is 8.18. The molecule has 7 heteroatoms. The molecule has 0 aliphatic carbocycles. The first-order chi connectivity index (χ1) is 14.1. The van der Waals surface area contributed by atoms with E-state index in [-0.39, 0.29) is 18.3 Å². The van der Waals surface area contributed by atoms with Gasteiger partial charge in [-0.2, -0.15) is 0 Å². The first kappa shape index (κ1) is 18.7. The van der Waals surface area contributed by atoms with Crippen LogP contribution in [-0.2, 0) is 17.8 Å². The van der Waals surface area contributed by atoms with E-state index < -0.39 is 11.7 Å². The number of hydrogen-bond donors (Lipinski definition) is 1. The molecular formula is C22H19FN2O4. The average molecular weight is 394 g/mol. The summed E-state index contributed by atoms with van der Waals surface area (Å²) in [7, 11) is 0. The Hall–Kier alpha value is -3.61. The standard InChI is InChI=1S/C22H19FN2O4/c23-18-4-1-2-5-19(18)29-14-21(26)24-17-8-7-15-9-10-25(13-16(15)12-17)22(27)20-6-3-11-28-20/h1-8,11-12H,9-10,13-14H2,(H,24,26). The van der Waals surface area contributed by atoms with E-state index in [1.54, 1.807) is 29.2 Å². The molecule has 0 radical (unpaired) electrons. The number of hydrogen-bond acceptors (Lipinski definition) is 4. The summed E-state index contributed by atoms with van der Waals surface area (Å²) in [5.74, 6) is -0.736. The molecule has 0 fully saturated rings. The van der Waals surface area contributed by atoms with Gasteiger partial charge in [0.1, 0.15) is 0 Å². The van der Waals surface area contributed by atoms with Crippen LogP contribution in [0.5, 0.6) is 5.75 Å². The highest BCUT2D eigenvalue weighted by Gasteiger charge is 2.23. The lowest BCUT2D eigenvalue weighted by Gasteiger charge is -2.28. The monoisotopic (exact) mass is 394 g/mol. The van der Waals surface area contributed by atoms with Gasteiger partial charge in [0.05, 0.1) is 6.26 Å². The van der Waals surface area contributed by atoms with Crippen LogP contribution in [0.15, 0.2) is 65.3 Å². The lowest BCUT2D eigenvalue weighted by atomic mass is 9.99. The Bertz CT molecular complexity index is 1030. The van der Waals surface area contributed by atoms with Crippen LogP contribution in [0.1, 0.15) is 21.7 Å². The Morgan fingerprint density at radius 3 is 2.76 bits per heavy atom. The van der Waals surface area contributed by atoms with Gasteiger partial charge in [-0.15, -0.1) is 0 Å². The molecule has 1 aromatic heterocycles. The third-order valence-corrected chi connectivity index (χ3v) is 4.72. The van der Waals surface area contributed by atoms with Crippen LogP contribution in [-0.4, -0.2) is 29.9 Å². The molecule has 1 N–H and O–H groups in total. The third kappa shape index (κ3) is 4.29. The first-order valence-corrected chi connectivity index (χ1v) is 9.22. The molecule has 29 heavy (non-hydrogen) atoms. The van der Waals surface area contributed by atoms with E-state index in [9.17, 15) is 14.0 Å². The Labute approximate surface area is 166 Å². The summed E-state index contributed by atoms with van der Waals surface area (Å²) in [6.07, 6.45) is 2.20. The fourth-order valence-corrected chi connectivity index (χ4v) is 3.27. The highest BCUT2D eigenvalue weighted by atomic mass is 19.1. The predicted octanol–water partition coefficient (Wildman–Crippen LogP) is 3.63. The number of halogens is 1. The van der Waals surface area contributed by atoms with Crippen LogP contribution in [0, 0.1) is 5.82 Å². The smallest absolute Gasteiger partial charge is 0.289 e. The van der Waals surface area contributed by atoms with Gasteiger partial charge in [-0.25, -0.2) is 4.39 Å². The molecule has 0 unspecified atom stereocenters. The number of carbonyl (C=O) groups is 2. The van der Waals surface area contributed by atoms with Crippen LogP contribution < -0.4 is 10.1 Å². The Morgan fingerprint density at radius 2 is 1.97 bits per heavy atom. The Morgan fingerprint density at radius 1 is 1.10 bits per heavy atom. The normalized spacial score (nSPS) is 12.9. The summed E-state index contributed by atoms with van der Waals surface area (Å²) in [4.78, 5) is 26.4. The average Bonchev–Trinajstić information content (AvgIpc) is 3.27. The number of benzene rings is 2. The number of nitrogens with zero attached hydrogens (tertiary/aromatic N) is 1. The van der Waals surface area contributed by atoms with Crippen LogP contribution in [0.3, 0.4) is 0 Å². The topological polar surface area (TPSA) is 71.8 Å². The van der Waals surface area contributed by atoms with Gasteiger partial charge in [0.2, 0.25) is 0 Å². The van der Waals surface area contributed by atoms with E-state index in [4.69, 9.17) is 9.15 Å². The minimum absolute atomic E-state index is 0.0279. The largest absolute Gasteiger partial charge is 0.481 e. The minimum Gasteiger partial charge on any atom is -0.481 e. The molecule has 0 saturated heterocycles. The molecule has 2 aromatic carbocycles. The molecule has 4 rings (SSSR count). The van der Waals surface area contributed by atoms with E-state index in [0.717, 1.165) is 17.5 Å². The van der Waals surface area contributed by atoms with Crippen molar-refractivity contribution in [2.24, 2.45) is 0 Å². The van der Waals surface area contributed by atoms with Gasteiger partial charge >= 0.3 is 0 Å². The number of ether oxygens (including phenoxy) is 1. The fourth-order valence-electron chi connectivity index (χ4n) is 3.27. The van der Waals surface area contributed by atoms with Crippen LogP contribution >= 0.6 is 0 Å². The van der Waals surface area contributed by atoms with E-state index in [0.29, 0.717) is 24.5 Å². The van der Waals surface area contributed by atoms with Gasteiger partial charge < -0.3 is 19.4 Å². The van der Waals surface area contributed by atoms with Crippen LogP contribution in [0.2, 0.25) is 0 Å². The molecule has 2 heterocycles. The SMILES string of the molecule is O=C(COc1ccccc1F)Nc1ccc2c(c1)CN(C(=O)c1ccco1)CC2. The molecule has 3 aromatic rings. The van der Waals surface area contributed by atoms with Gasteiger partial charge in [0, 0.05) is 18.8 Å². The zero-order valence-corrected chi connectivity index (χ0v) is 15.6. The predicted molar refractivity (Wildman–Crippen MR) is 104 cm³/mol. The maximum absolute atomic E-state index is 13.6. The summed E-state index contributed by atoms with van der Waals surface area (Å²) in [6, 6.07) is 14.8. The number of anilines is 1. The van der Waals surface area contributed by atoms with Gasteiger partial charge in [-0.1, -0.05) is 18.2 Å². The van der Waals surface area contributed by atoms with Crippen molar-refractivity contribution in [3.8, 4) is 5.75 Å². The number of fused-ring (bicyclic) bond motifs is 1. The number of rotatable bonds is 5. The highest BCUT2D eigenvalue weighted by Crippen LogP contribution is 2.24. The quantitative estimate of drug-likeness (QED) is 0.717. The Kier molecular flexibility index (Phi) is 5.29. The van der Waals surface area contributed by atoms with E-state index in [1.165, 1.54) is 18.4 Å². The van der Waals surface area contributed by atoms with Gasteiger partial charge in [0.25, 0.3) is 11.8 Å². The van der Waals surface area contributed by atoms with Crippen molar-refractivity contribution < 1.29 is 23.1 Å². The summed E-state index contributed by atoms with van der Waals surface area (Å²) in [5, 5.41) is 2.75. The van der Waals surface area contributed by atoms with Crippen molar-refractivity contribution in [2.45, 2.75) is 13.0 Å². The highest BCUT2D eigenvalue weighted by molar-refractivity contribution is 5.92. The molecule has 2 amide bonds. The molecule has 0 atom stereocenters. The maximum Gasteiger partial charge on any atom is 0.289 e. The minimum atomic E-state index is -0.518. The number of amides is 2. The van der Waals surface area contributed by atoms with Crippen molar-refractivity contribution in [1.82, 2.24) is 4.90 Å². The van der Waals surface area contributed by atoms with Crippen LogP contribution in [0.4, 0.5) is 10.1 Å². The maximum atomic E-state index is 13.6. The number of nitrogens with one attached hydrogen (secondary N) is 1. The number of carbonyl (C=O) groups excluding carboxylic acids is 2. The molecule has 148 valence electrons. The van der Waals surface area contributed by atoms with Crippen LogP contribution in [0.25, 0.3) is 0 Å². The number of furan rings is 1. The molecule has 0 saturated carbocycles. The van der Waals surface area contributed by atoms with Gasteiger partial charge in [-0.3, -0.25) is 9.59 Å². The van der Waals surface area contributed by atoms with Gasteiger partial charge in [-0.05, 0) is 53.9 Å². The summed E-state index contributed by atoms with van der Waals surface area (Å²) < 4.78 is 24.0. The molecule has 1 aliphatic rings. The zero-order valence-electron chi connectivity index (χ0n) is 15.6. The summed E-state index contributed by atoms with van der Waals surface area (Å²) >= 11 is 0. The zero-order chi connectivity index (χ0) is 20.2. The fraction of sp³-hybridized carbons (Fsp3) is 0.182. The van der Waals surface area contributed by atoms with Crippen molar-refractivity contribution in [3.63, 3.8) is 0 Å². The summed E-state index contributed by atoms with van der Waals surface area (Å²) in [6.45, 7) is 0.736. The number of para-hydroxylation sites is 1. The van der Waals surface area contributed by atoms with E-state index in [1.807, 2.05) is 18.2 Å². The molecule has 6 nitrogen and oxygen atoms in total. The Balaban J connectivity index is 1.39. The van der Waals surface area contributed by atoms with Crippen molar-refractivity contribution in [3.05, 3.63) is 83.6 Å². The van der Waals surface area contributed by atoms with Crippen molar-refractivity contribution in [2.75, 3.05) is 18.5 Å². The van der Waals surface area contributed by atoms with Crippen molar-refractivity contribution in [1.29, 1.82) is 0 Å². The second-order valence-electron chi connectivity index (χ2n) is 6.70. The van der Waals surface area contributed by atoms with Gasteiger partial charge in [0.15, 0.2) is 23.9 Å². The molecular weight excluding hydrogens is 375 g/mol. The molecule has 1 aliphatic heterocycles. The lowest BCUT2D eigenvalue weighted by Crippen LogP contribution is -2.35. The third-order valence-electron chi connectivity index (χ3n) is 4.72. The first-order valence-electron chi connectivity index (χ1n) is 9.22.